The monoisotopic (exact) mass is 587 g/mol. The maximum absolute atomic E-state index is 15.9. The molecule has 220 valence electrons. The van der Waals surface area contributed by atoms with Gasteiger partial charge in [-0.1, -0.05) is 24.6 Å². The lowest BCUT2D eigenvalue weighted by atomic mass is 9.97. The van der Waals surface area contributed by atoms with Crippen LogP contribution in [0, 0.1) is 0 Å². The molecule has 6 atom stereocenters. The van der Waals surface area contributed by atoms with E-state index in [1.54, 1.807) is 18.2 Å². The van der Waals surface area contributed by atoms with E-state index < -0.39 is 61.5 Å². The number of esters is 1. The number of ether oxygens (including phenoxy) is 2. The van der Waals surface area contributed by atoms with Crippen molar-refractivity contribution in [2.24, 2.45) is 0 Å². The highest BCUT2D eigenvalue weighted by molar-refractivity contribution is 7.52. The zero-order valence-corrected chi connectivity index (χ0v) is 22.9. The van der Waals surface area contributed by atoms with E-state index in [9.17, 15) is 24.1 Å². The molecule has 40 heavy (non-hydrogen) atoms. The van der Waals surface area contributed by atoms with Gasteiger partial charge in [0.15, 0.2) is 18.0 Å². The van der Waals surface area contributed by atoms with E-state index in [0.29, 0.717) is 17.4 Å². The molecule has 1 aromatic heterocycles. The van der Waals surface area contributed by atoms with Gasteiger partial charge in [-0.25, -0.2) is 18.1 Å². The lowest BCUT2D eigenvalue weighted by Crippen LogP contribution is -2.47. The van der Waals surface area contributed by atoms with Crippen molar-refractivity contribution in [2.45, 2.75) is 82.0 Å². The second kappa shape index (κ2) is 11.9. The lowest BCUT2D eigenvalue weighted by molar-refractivity contribution is -0.204. The number of hydrogen-bond acceptors (Lipinski definition) is 9. The van der Waals surface area contributed by atoms with E-state index in [1.807, 2.05) is 4.98 Å². The van der Waals surface area contributed by atoms with Crippen LogP contribution in [0.25, 0.3) is 0 Å². The minimum Gasteiger partial charge on any atom is -0.461 e. The minimum absolute atomic E-state index is 0.0416. The molecular formula is C25H32F2N3O9P. The summed E-state index contributed by atoms with van der Waals surface area (Å²) in [5.74, 6) is -4.01. The number of alkyl halides is 2. The van der Waals surface area contributed by atoms with Gasteiger partial charge in [0.05, 0.1) is 0 Å². The number of para-hydroxylation sites is 1. The molecule has 1 unspecified atom stereocenters. The first-order chi connectivity index (χ1) is 18.8. The Kier molecular flexibility index (Phi) is 8.96. The summed E-state index contributed by atoms with van der Waals surface area (Å²) < 4.78 is 67.1. The number of aliphatic hydroxyl groups excluding tert-OH is 1. The van der Waals surface area contributed by atoms with Gasteiger partial charge in [0.2, 0.25) is 0 Å². The summed E-state index contributed by atoms with van der Waals surface area (Å²) in [6.07, 6.45) is 0.334. The van der Waals surface area contributed by atoms with Gasteiger partial charge in [-0.3, -0.25) is 23.7 Å². The molecule has 1 aromatic carbocycles. The maximum Gasteiger partial charge on any atom is 0.459 e. The number of carbonyl (C=O) groups is 1. The van der Waals surface area contributed by atoms with Gasteiger partial charge in [-0.2, -0.15) is 5.09 Å². The molecule has 2 heterocycles. The highest BCUT2D eigenvalue weighted by Crippen LogP contribution is 2.51. The fraction of sp³-hybridized carbons (Fsp3) is 0.560. The van der Waals surface area contributed by atoms with Crippen LogP contribution in [-0.2, 0) is 23.4 Å². The molecule has 1 aliphatic heterocycles. The van der Waals surface area contributed by atoms with E-state index >= 15 is 8.78 Å². The number of halogens is 2. The van der Waals surface area contributed by atoms with E-state index in [-0.39, 0.29) is 11.9 Å². The summed E-state index contributed by atoms with van der Waals surface area (Å²) in [6, 6.07) is 7.35. The molecule has 1 saturated carbocycles. The minimum atomic E-state index is -4.60. The molecule has 2 fully saturated rings. The third-order valence-electron chi connectivity index (χ3n) is 6.78. The Morgan fingerprint density at radius 1 is 1.23 bits per heavy atom. The number of aromatic nitrogens is 2. The van der Waals surface area contributed by atoms with Gasteiger partial charge in [0.25, 0.3) is 11.4 Å². The van der Waals surface area contributed by atoms with Crippen molar-refractivity contribution in [1.82, 2.24) is 14.6 Å². The third kappa shape index (κ3) is 6.69. The average molecular weight is 588 g/mol. The average Bonchev–Trinajstić information content (AvgIpc) is 3.09. The van der Waals surface area contributed by atoms with Crippen LogP contribution in [0.4, 0.5) is 8.78 Å². The van der Waals surface area contributed by atoms with E-state index in [4.69, 9.17) is 18.5 Å². The van der Waals surface area contributed by atoms with Crippen LogP contribution in [0.1, 0.15) is 52.2 Å². The predicted molar refractivity (Wildman–Crippen MR) is 137 cm³/mol. The summed E-state index contributed by atoms with van der Waals surface area (Å²) in [5.41, 5.74) is -4.78. The highest BCUT2D eigenvalue weighted by atomic mass is 31.2. The van der Waals surface area contributed by atoms with E-state index in [0.717, 1.165) is 38.4 Å². The van der Waals surface area contributed by atoms with Crippen LogP contribution in [-0.4, -0.2) is 57.0 Å². The second-order valence-electron chi connectivity index (χ2n) is 10.1. The largest absolute Gasteiger partial charge is 0.461 e. The van der Waals surface area contributed by atoms with Crippen molar-refractivity contribution in [3.63, 3.8) is 0 Å². The van der Waals surface area contributed by atoms with E-state index in [1.165, 1.54) is 19.1 Å². The Morgan fingerprint density at radius 2 is 1.90 bits per heavy atom. The summed E-state index contributed by atoms with van der Waals surface area (Å²) in [7, 11) is -4.60. The molecule has 4 rings (SSSR count). The van der Waals surface area contributed by atoms with Crippen molar-refractivity contribution in [3.05, 3.63) is 63.4 Å². The van der Waals surface area contributed by atoms with Crippen LogP contribution in [0.2, 0.25) is 0 Å². The highest BCUT2D eigenvalue weighted by Gasteiger charge is 2.65. The molecule has 1 saturated heterocycles. The van der Waals surface area contributed by atoms with Crippen LogP contribution in [0.3, 0.4) is 0 Å². The van der Waals surface area contributed by atoms with Crippen LogP contribution >= 0.6 is 7.75 Å². The van der Waals surface area contributed by atoms with Crippen LogP contribution < -0.4 is 20.9 Å². The van der Waals surface area contributed by atoms with Crippen molar-refractivity contribution in [1.29, 1.82) is 0 Å². The van der Waals surface area contributed by atoms with Gasteiger partial charge in [0, 0.05) is 12.3 Å². The van der Waals surface area contributed by atoms with Crippen molar-refractivity contribution in [3.8, 4) is 5.75 Å². The third-order valence-corrected chi connectivity index (χ3v) is 8.40. The number of H-pyrrole nitrogens is 1. The van der Waals surface area contributed by atoms with Crippen molar-refractivity contribution >= 4 is 13.7 Å². The molecular weight excluding hydrogens is 555 g/mol. The summed E-state index contributed by atoms with van der Waals surface area (Å²) in [5, 5.41) is 12.9. The Bertz CT molecular complexity index is 1350. The molecule has 2 aliphatic rings. The molecule has 0 bridgehead atoms. The number of rotatable bonds is 10. The SMILES string of the molecule is C[C@H](NP(=O)(OC[C@@]1(F)O[C@@H](n2ccc(=O)[nH]c2=O)[C@](C)(F)[C@@H]1O)Oc1ccccc1)C(=O)OC1CCCCC1. The molecule has 0 radical (unpaired) electrons. The fourth-order valence-corrected chi connectivity index (χ4v) is 6.10. The Morgan fingerprint density at radius 3 is 2.55 bits per heavy atom. The summed E-state index contributed by atoms with van der Waals surface area (Å²) in [6.45, 7) is 0.825. The molecule has 2 aromatic rings. The predicted octanol–water partition coefficient (Wildman–Crippen LogP) is 2.88. The Hall–Kier alpha value is -2.90. The first-order valence-electron chi connectivity index (χ1n) is 12.9. The standard InChI is InChI=1S/C25H32F2N3O9P/c1-16(20(32)37-17-9-5-3-6-10-17)29-40(35,39-18-11-7-4-8-12-18)36-15-25(27)21(33)24(2,26)22(38-25)30-14-13-19(31)28-23(30)34/h4,7-8,11-14,16-17,21-22,33H,3,5-6,9-10,15H2,1-2H3,(H,29,35)(H,28,31,34)/t16-,21-,22+,24+,25+,40?/m0/s1. The van der Waals surface area contributed by atoms with Crippen molar-refractivity contribution < 1.29 is 41.8 Å². The van der Waals surface area contributed by atoms with E-state index in [2.05, 4.69) is 5.09 Å². The molecule has 1 aliphatic carbocycles. The number of aromatic amines is 1. The van der Waals surface area contributed by atoms with Gasteiger partial charge in [0.1, 0.15) is 24.5 Å². The Balaban J connectivity index is 1.53. The molecule has 3 N–H and O–H groups in total. The topological polar surface area (TPSA) is 158 Å². The number of hydrogen-bond donors (Lipinski definition) is 3. The molecule has 0 spiro atoms. The first kappa shape index (κ1) is 30.1. The number of aliphatic hydroxyl groups is 1. The first-order valence-corrected chi connectivity index (χ1v) is 14.4. The van der Waals surface area contributed by atoms with Gasteiger partial charge >= 0.3 is 19.4 Å². The number of nitrogens with one attached hydrogen (secondary N) is 2. The molecule has 15 heteroatoms. The summed E-state index contributed by atoms with van der Waals surface area (Å²) in [4.78, 5) is 38.2. The smallest absolute Gasteiger partial charge is 0.459 e. The van der Waals surface area contributed by atoms with Crippen molar-refractivity contribution in [2.75, 3.05) is 6.61 Å². The van der Waals surface area contributed by atoms with Gasteiger partial charge in [-0.15, -0.1) is 0 Å². The zero-order chi connectivity index (χ0) is 29.1. The molecule has 12 nitrogen and oxygen atoms in total. The number of benzene rings is 1. The van der Waals surface area contributed by atoms with Crippen LogP contribution in [0.15, 0.2) is 52.2 Å². The van der Waals surface area contributed by atoms with Crippen LogP contribution in [0.5, 0.6) is 5.75 Å². The Labute approximate surface area is 228 Å². The normalized spacial score (nSPS) is 29.4. The number of nitrogens with zero attached hydrogens (tertiary/aromatic N) is 1. The lowest BCUT2D eigenvalue weighted by Gasteiger charge is -2.28. The maximum atomic E-state index is 15.9. The van der Waals surface area contributed by atoms with Gasteiger partial charge < -0.3 is 19.1 Å². The fourth-order valence-electron chi connectivity index (χ4n) is 4.60. The zero-order valence-electron chi connectivity index (χ0n) is 22.0. The summed E-state index contributed by atoms with van der Waals surface area (Å²) >= 11 is 0. The quantitative estimate of drug-likeness (QED) is 0.279. The number of carbonyl (C=O) groups excluding carboxylic acids is 1. The molecule has 0 amide bonds. The second-order valence-corrected chi connectivity index (χ2v) is 11.7. The van der Waals surface area contributed by atoms with Gasteiger partial charge in [-0.05, 0) is 51.7 Å².